The second-order valence-electron chi connectivity index (χ2n) is 3.70. The monoisotopic (exact) mass is 356 g/mol. The summed E-state index contributed by atoms with van der Waals surface area (Å²) >= 11 is 6.63. The van der Waals surface area contributed by atoms with Crippen molar-refractivity contribution in [2.24, 2.45) is 0 Å². The van der Waals surface area contributed by atoms with Crippen LogP contribution in [0.1, 0.15) is 11.3 Å². The topological polar surface area (TPSA) is 34.9 Å². The first kappa shape index (κ1) is 12.5. The van der Waals surface area contributed by atoms with Crippen molar-refractivity contribution in [3.05, 3.63) is 61.1 Å². The summed E-state index contributed by atoms with van der Waals surface area (Å²) < 4.78 is 3.13. The number of nitrogens with zero attached hydrogens (tertiary/aromatic N) is 2. The van der Waals surface area contributed by atoms with E-state index in [0.29, 0.717) is 16.7 Å². The molecule has 0 bridgehead atoms. The maximum Gasteiger partial charge on any atom is 0.268 e. The minimum atomic E-state index is -0.0552. The van der Waals surface area contributed by atoms with Gasteiger partial charge in [0.1, 0.15) is 4.47 Å². The standard InChI is InChI=1S/C12H10Br2N2O/c1-8-11(14)12(17)16(7-15-8)6-9-2-4-10(13)5-3-9/h2-5,7H,6H2,1H3. The van der Waals surface area contributed by atoms with Gasteiger partial charge in [0, 0.05) is 4.47 Å². The summed E-state index contributed by atoms with van der Waals surface area (Å²) in [6.45, 7) is 2.33. The molecule has 3 nitrogen and oxygen atoms in total. The Bertz CT molecular complexity index is 590. The van der Waals surface area contributed by atoms with Crippen LogP contribution in [0.4, 0.5) is 0 Å². The molecule has 0 aliphatic rings. The average molecular weight is 358 g/mol. The highest BCUT2D eigenvalue weighted by atomic mass is 79.9. The highest BCUT2D eigenvalue weighted by molar-refractivity contribution is 9.10. The van der Waals surface area contributed by atoms with Crippen LogP contribution in [-0.4, -0.2) is 9.55 Å². The molecule has 5 heteroatoms. The van der Waals surface area contributed by atoms with Gasteiger partial charge in [-0.15, -0.1) is 0 Å². The minimum Gasteiger partial charge on any atom is -0.294 e. The third-order valence-electron chi connectivity index (χ3n) is 2.42. The van der Waals surface area contributed by atoms with E-state index in [0.717, 1.165) is 10.0 Å². The molecule has 0 amide bonds. The SMILES string of the molecule is Cc1ncn(Cc2ccc(Br)cc2)c(=O)c1Br. The highest BCUT2D eigenvalue weighted by Gasteiger charge is 2.05. The lowest BCUT2D eigenvalue weighted by Gasteiger charge is -2.07. The van der Waals surface area contributed by atoms with E-state index < -0.39 is 0 Å². The average Bonchev–Trinajstić information content (AvgIpc) is 2.33. The summed E-state index contributed by atoms with van der Waals surface area (Å²) in [6.07, 6.45) is 1.57. The fraction of sp³-hybridized carbons (Fsp3) is 0.167. The normalized spacial score (nSPS) is 10.5. The fourth-order valence-corrected chi connectivity index (χ4v) is 2.04. The van der Waals surface area contributed by atoms with Gasteiger partial charge in [-0.1, -0.05) is 28.1 Å². The molecule has 0 N–H and O–H groups in total. The molecule has 1 aromatic carbocycles. The van der Waals surface area contributed by atoms with E-state index in [-0.39, 0.29) is 5.56 Å². The van der Waals surface area contributed by atoms with Crippen molar-refractivity contribution in [1.29, 1.82) is 0 Å². The van der Waals surface area contributed by atoms with Gasteiger partial charge in [0.2, 0.25) is 0 Å². The molecule has 0 fully saturated rings. The summed E-state index contributed by atoms with van der Waals surface area (Å²) in [5, 5.41) is 0. The zero-order valence-corrected chi connectivity index (χ0v) is 12.3. The minimum absolute atomic E-state index is 0.0552. The van der Waals surface area contributed by atoms with Gasteiger partial charge in [0.15, 0.2) is 0 Å². The smallest absolute Gasteiger partial charge is 0.268 e. The molecule has 0 saturated heterocycles. The number of aromatic nitrogens is 2. The molecule has 2 rings (SSSR count). The summed E-state index contributed by atoms with van der Waals surface area (Å²) in [4.78, 5) is 16.1. The van der Waals surface area contributed by atoms with Crippen molar-refractivity contribution in [3.8, 4) is 0 Å². The first-order valence-corrected chi connectivity index (χ1v) is 6.62. The molecule has 2 aromatic rings. The van der Waals surface area contributed by atoms with E-state index in [1.165, 1.54) is 0 Å². The number of halogens is 2. The van der Waals surface area contributed by atoms with Crippen molar-refractivity contribution in [2.45, 2.75) is 13.5 Å². The Hall–Kier alpha value is -0.940. The van der Waals surface area contributed by atoms with E-state index in [9.17, 15) is 4.79 Å². The molecule has 0 aliphatic carbocycles. The van der Waals surface area contributed by atoms with Gasteiger partial charge in [0.25, 0.3) is 5.56 Å². The fourth-order valence-electron chi connectivity index (χ4n) is 1.45. The predicted molar refractivity (Wildman–Crippen MR) is 74.2 cm³/mol. The van der Waals surface area contributed by atoms with Crippen LogP contribution in [0.5, 0.6) is 0 Å². The summed E-state index contributed by atoms with van der Waals surface area (Å²) in [5.41, 5.74) is 1.72. The Morgan fingerprint density at radius 2 is 1.88 bits per heavy atom. The van der Waals surface area contributed by atoms with Crippen molar-refractivity contribution >= 4 is 31.9 Å². The molecule has 0 atom stereocenters. The van der Waals surface area contributed by atoms with Crippen LogP contribution in [-0.2, 0) is 6.54 Å². The Morgan fingerprint density at radius 1 is 1.24 bits per heavy atom. The Labute approximate surface area is 116 Å². The molecule has 1 aromatic heterocycles. The van der Waals surface area contributed by atoms with E-state index in [1.807, 2.05) is 24.3 Å². The maximum atomic E-state index is 11.9. The highest BCUT2D eigenvalue weighted by Crippen LogP contribution is 2.12. The predicted octanol–water partition coefficient (Wildman–Crippen LogP) is 3.13. The van der Waals surface area contributed by atoms with Gasteiger partial charge in [-0.3, -0.25) is 9.36 Å². The quantitative estimate of drug-likeness (QED) is 0.827. The summed E-state index contributed by atoms with van der Waals surface area (Å²) in [5.74, 6) is 0. The molecule has 88 valence electrons. The first-order chi connectivity index (χ1) is 8.08. The Balaban J connectivity index is 2.34. The van der Waals surface area contributed by atoms with Gasteiger partial charge in [0.05, 0.1) is 18.6 Å². The molecule has 1 heterocycles. The van der Waals surface area contributed by atoms with Gasteiger partial charge in [-0.2, -0.15) is 0 Å². The third kappa shape index (κ3) is 2.84. The van der Waals surface area contributed by atoms with E-state index in [4.69, 9.17) is 0 Å². The second-order valence-corrected chi connectivity index (χ2v) is 5.41. The van der Waals surface area contributed by atoms with Crippen molar-refractivity contribution in [2.75, 3.05) is 0 Å². The van der Waals surface area contributed by atoms with E-state index in [1.54, 1.807) is 17.8 Å². The van der Waals surface area contributed by atoms with Crippen LogP contribution in [0.3, 0.4) is 0 Å². The zero-order chi connectivity index (χ0) is 12.4. The molecule has 0 spiro atoms. The van der Waals surface area contributed by atoms with Crippen LogP contribution in [0.15, 0.2) is 44.3 Å². The van der Waals surface area contributed by atoms with Crippen molar-refractivity contribution in [3.63, 3.8) is 0 Å². The zero-order valence-electron chi connectivity index (χ0n) is 9.15. The molecule has 0 radical (unpaired) electrons. The van der Waals surface area contributed by atoms with Gasteiger partial charge < -0.3 is 0 Å². The van der Waals surface area contributed by atoms with E-state index >= 15 is 0 Å². The molecular formula is C12H10Br2N2O. The van der Waals surface area contributed by atoms with Crippen molar-refractivity contribution in [1.82, 2.24) is 9.55 Å². The number of aryl methyl sites for hydroxylation is 1. The Morgan fingerprint density at radius 3 is 2.53 bits per heavy atom. The lowest BCUT2D eigenvalue weighted by molar-refractivity contribution is 0.724. The molecule has 0 saturated carbocycles. The number of rotatable bonds is 2. The van der Waals surface area contributed by atoms with Crippen LogP contribution >= 0.6 is 31.9 Å². The van der Waals surface area contributed by atoms with Gasteiger partial charge in [-0.25, -0.2) is 4.98 Å². The largest absolute Gasteiger partial charge is 0.294 e. The number of benzene rings is 1. The van der Waals surface area contributed by atoms with Crippen LogP contribution in [0, 0.1) is 6.92 Å². The molecule has 17 heavy (non-hydrogen) atoms. The van der Waals surface area contributed by atoms with Gasteiger partial charge >= 0.3 is 0 Å². The molecule has 0 aliphatic heterocycles. The Kier molecular flexibility index (Phi) is 3.79. The maximum absolute atomic E-state index is 11.9. The number of hydrogen-bond acceptors (Lipinski definition) is 2. The lowest BCUT2D eigenvalue weighted by atomic mass is 10.2. The van der Waals surface area contributed by atoms with Crippen molar-refractivity contribution < 1.29 is 0 Å². The van der Waals surface area contributed by atoms with E-state index in [2.05, 4.69) is 36.8 Å². The second kappa shape index (κ2) is 5.14. The number of hydrogen-bond donors (Lipinski definition) is 0. The lowest BCUT2D eigenvalue weighted by Crippen LogP contribution is -2.22. The molecular weight excluding hydrogens is 348 g/mol. The summed E-state index contributed by atoms with van der Waals surface area (Å²) in [6, 6.07) is 7.86. The van der Waals surface area contributed by atoms with Crippen LogP contribution < -0.4 is 5.56 Å². The van der Waals surface area contributed by atoms with Crippen LogP contribution in [0.2, 0.25) is 0 Å². The third-order valence-corrected chi connectivity index (χ3v) is 3.86. The van der Waals surface area contributed by atoms with Crippen LogP contribution in [0.25, 0.3) is 0 Å². The molecule has 0 unspecified atom stereocenters. The van der Waals surface area contributed by atoms with Gasteiger partial charge in [-0.05, 0) is 40.5 Å². The summed E-state index contributed by atoms with van der Waals surface area (Å²) in [7, 11) is 0. The first-order valence-electron chi connectivity index (χ1n) is 5.04.